The Balaban J connectivity index is 2.20. The second-order valence-electron chi connectivity index (χ2n) is 4.46. The summed E-state index contributed by atoms with van der Waals surface area (Å²) in [5.74, 6) is 0.833. The normalized spacial score (nSPS) is 22.7. The van der Waals surface area contributed by atoms with Crippen molar-refractivity contribution in [2.24, 2.45) is 0 Å². The molecule has 1 saturated carbocycles. The molecule has 0 spiro atoms. The molecule has 7 heteroatoms. The fraction of sp³-hybridized carbons (Fsp3) is 0.500. The molecule has 1 aromatic carbocycles. The lowest BCUT2D eigenvalue weighted by molar-refractivity contribution is 0.0712. The summed E-state index contributed by atoms with van der Waals surface area (Å²) in [6.45, 7) is 0. The van der Waals surface area contributed by atoms with Crippen LogP contribution in [0.3, 0.4) is 0 Å². The maximum Gasteiger partial charge on any atom is 0.240 e. The van der Waals surface area contributed by atoms with E-state index in [2.05, 4.69) is 4.72 Å². The smallest absolute Gasteiger partial charge is 0.240 e. The van der Waals surface area contributed by atoms with Crippen molar-refractivity contribution < 1.29 is 23.0 Å². The summed E-state index contributed by atoms with van der Waals surface area (Å²) in [6, 6.07) is 4.21. The molecule has 106 valence electrons. The van der Waals surface area contributed by atoms with Crippen LogP contribution in [0.5, 0.6) is 11.5 Å². The molecule has 0 unspecified atom stereocenters. The van der Waals surface area contributed by atoms with Crippen LogP contribution in [0.25, 0.3) is 0 Å². The summed E-state index contributed by atoms with van der Waals surface area (Å²) in [6.07, 6.45) is 0.497. The topological polar surface area (TPSA) is 84.9 Å². The molecule has 0 bridgehead atoms. The van der Waals surface area contributed by atoms with Gasteiger partial charge in [-0.25, -0.2) is 13.1 Å². The molecule has 0 heterocycles. The first kappa shape index (κ1) is 14.1. The Bertz CT molecular complexity index is 551. The fourth-order valence-corrected chi connectivity index (χ4v) is 3.23. The number of benzene rings is 1. The number of hydrogen-bond donors (Lipinski definition) is 2. The molecule has 0 aliphatic heterocycles. The van der Waals surface area contributed by atoms with Gasteiger partial charge in [-0.2, -0.15) is 0 Å². The summed E-state index contributed by atoms with van der Waals surface area (Å²) in [7, 11) is -0.664. The van der Waals surface area contributed by atoms with Gasteiger partial charge in [0.2, 0.25) is 10.0 Å². The van der Waals surface area contributed by atoms with Crippen molar-refractivity contribution >= 4 is 10.0 Å². The summed E-state index contributed by atoms with van der Waals surface area (Å²) < 4.78 is 36.9. The second-order valence-corrected chi connectivity index (χ2v) is 6.17. The average molecular weight is 287 g/mol. The first-order chi connectivity index (χ1) is 8.96. The van der Waals surface area contributed by atoms with Crippen LogP contribution in [-0.2, 0) is 10.0 Å². The van der Waals surface area contributed by atoms with Gasteiger partial charge in [-0.05, 0) is 25.0 Å². The summed E-state index contributed by atoms with van der Waals surface area (Å²) in [5, 5.41) is 9.16. The predicted molar refractivity (Wildman–Crippen MR) is 68.9 cm³/mol. The first-order valence-electron chi connectivity index (χ1n) is 5.88. The molecular weight excluding hydrogens is 270 g/mol. The quantitative estimate of drug-likeness (QED) is 0.824. The molecule has 1 aliphatic carbocycles. The number of rotatable bonds is 5. The van der Waals surface area contributed by atoms with E-state index < -0.39 is 16.1 Å². The Kier molecular flexibility index (Phi) is 3.98. The number of aliphatic hydroxyl groups is 1. The molecule has 6 nitrogen and oxygen atoms in total. The van der Waals surface area contributed by atoms with Gasteiger partial charge in [-0.1, -0.05) is 0 Å². The third-order valence-electron chi connectivity index (χ3n) is 3.10. The van der Waals surface area contributed by atoms with E-state index in [-0.39, 0.29) is 10.9 Å². The van der Waals surface area contributed by atoms with Crippen LogP contribution < -0.4 is 14.2 Å². The fourth-order valence-electron chi connectivity index (χ4n) is 1.96. The highest BCUT2D eigenvalue weighted by Gasteiger charge is 2.31. The van der Waals surface area contributed by atoms with Crippen LogP contribution >= 0.6 is 0 Å². The van der Waals surface area contributed by atoms with Crippen molar-refractivity contribution in [1.29, 1.82) is 0 Å². The van der Waals surface area contributed by atoms with E-state index >= 15 is 0 Å². The second kappa shape index (κ2) is 5.36. The molecule has 1 aromatic rings. The van der Waals surface area contributed by atoms with Gasteiger partial charge < -0.3 is 14.6 Å². The lowest BCUT2D eigenvalue weighted by atomic mass is 9.91. The zero-order valence-corrected chi connectivity index (χ0v) is 11.6. The Morgan fingerprint density at radius 2 is 1.84 bits per heavy atom. The Hall–Kier alpha value is -1.31. The number of aliphatic hydroxyl groups excluding tert-OH is 1. The molecule has 2 rings (SSSR count). The standard InChI is InChI=1S/C12H17NO5S/c1-17-11-4-3-10(7-12(11)18-2)19(15,16)13-8-5-9(14)6-8/h3-4,7-9,13-14H,5-6H2,1-2H3. The van der Waals surface area contributed by atoms with Gasteiger partial charge in [0.05, 0.1) is 25.2 Å². The molecule has 19 heavy (non-hydrogen) atoms. The number of sulfonamides is 1. The summed E-state index contributed by atoms with van der Waals surface area (Å²) >= 11 is 0. The highest BCUT2D eigenvalue weighted by Crippen LogP contribution is 2.30. The van der Waals surface area contributed by atoms with Crippen molar-refractivity contribution in [2.45, 2.75) is 29.9 Å². The predicted octanol–water partition coefficient (Wildman–Crippen LogP) is 0.505. The summed E-state index contributed by atoms with van der Waals surface area (Å²) in [4.78, 5) is 0.117. The minimum Gasteiger partial charge on any atom is -0.493 e. The lowest BCUT2D eigenvalue weighted by Crippen LogP contribution is -2.46. The van der Waals surface area contributed by atoms with E-state index in [9.17, 15) is 8.42 Å². The number of hydrogen-bond acceptors (Lipinski definition) is 5. The summed E-state index contributed by atoms with van der Waals surface area (Å²) in [5.41, 5.74) is 0. The van der Waals surface area contributed by atoms with Crippen LogP contribution in [0.1, 0.15) is 12.8 Å². The molecule has 0 saturated heterocycles. The number of ether oxygens (including phenoxy) is 2. The van der Waals surface area contributed by atoms with Gasteiger partial charge in [-0.15, -0.1) is 0 Å². The molecule has 1 fully saturated rings. The molecule has 2 N–H and O–H groups in total. The van der Waals surface area contributed by atoms with Crippen LogP contribution in [-0.4, -0.2) is 39.9 Å². The molecule has 1 aliphatic rings. The number of nitrogens with one attached hydrogen (secondary N) is 1. The zero-order valence-electron chi connectivity index (χ0n) is 10.8. The minimum atomic E-state index is -3.60. The molecule has 0 radical (unpaired) electrons. The van der Waals surface area contributed by atoms with E-state index in [0.717, 1.165) is 0 Å². The van der Waals surface area contributed by atoms with E-state index in [1.165, 1.54) is 26.4 Å². The third kappa shape index (κ3) is 2.99. The van der Waals surface area contributed by atoms with Gasteiger partial charge in [0, 0.05) is 12.1 Å². The molecule has 0 atom stereocenters. The van der Waals surface area contributed by atoms with Crippen molar-refractivity contribution in [1.82, 2.24) is 4.72 Å². The van der Waals surface area contributed by atoms with Gasteiger partial charge in [0.15, 0.2) is 11.5 Å². The maximum atomic E-state index is 12.1. The van der Waals surface area contributed by atoms with Crippen molar-refractivity contribution in [3.8, 4) is 11.5 Å². The van der Waals surface area contributed by atoms with Crippen LogP contribution in [0, 0.1) is 0 Å². The van der Waals surface area contributed by atoms with Crippen molar-refractivity contribution in [3.63, 3.8) is 0 Å². The Morgan fingerprint density at radius 1 is 1.21 bits per heavy atom. The molecule has 0 aromatic heterocycles. The highest BCUT2D eigenvalue weighted by atomic mass is 32.2. The largest absolute Gasteiger partial charge is 0.493 e. The van der Waals surface area contributed by atoms with Crippen LogP contribution in [0.4, 0.5) is 0 Å². The Morgan fingerprint density at radius 3 is 2.37 bits per heavy atom. The van der Waals surface area contributed by atoms with Crippen LogP contribution in [0.15, 0.2) is 23.1 Å². The highest BCUT2D eigenvalue weighted by molar-refractivity contribution is 7.89. The van der Waals surface area contributed by atoms with Gasteiger partial charge in [-0.3, -0.25) is 0 Å². The SMILES string of the molecule is COc1ccc(S(=O)(=O)NC2CC(O)C2)cc1OC. The van der Waals surface area contributed by atoms with Gasteiger partial charge in [0.1, 0.15) is 0 Å². The van der Waals surface area contributed by atoms with Gasteiger partial charge >= 0.3 is 0 Å². The Labute approximate surface area is 112 Å². The average Bonchev–Trinajstić information content (AvgIpc) is 2.35. The minimum absolute atomic E-state index is 0.117. The van der Waals surface area contributed by atoms with E-state index in [1.54, 1.807) is 6.07 Å². The van der Waals surface area contributed by atoms with Crippen molar-refractivity contribution in [3.05, 3.63) is 18.2 Å². The molecule has 0 amide bonds. The van der Waals surface area contributed by atoms with E-state index in [4.69, 9.17) is 14.6 Å². The van der Waals surface area contributed by atoms with Crippen molar-refractivity contribution in [2.75, 3.05) is 14.2 Å². The van der Waals surface area contributed by atoms with E-state index in [1.807, 2.05) is 0 Å². The monoisotopic (exact) mass is 287 g/mol. The maximum absolute atomic E-state index is 12.1. The van der Waals surface area contributed by atoms with Crippen LogP contribution in [0.2, 0.25) is 0 Å². The lowest BCUT2D eigenvalue weighted by Gasteiger charge is -2.31. The number of methoxy groups -OCH3 is 2. The van der Waals surface area contributed by atoms with Gasteiger partial charge in [0.25, 0.3) is 0 Å². The molecular formula is C12H17NO5S. The van der Waals surface area contributed by atoms with E-state index in [0.29, 0.717) is 24.3 Å². The third-order valence-corrected chi connectivity index (χ3v) is 4.62. The first-order valence-corrected chi connectivity index (χ1v) is 7.37. The zero-order chi connectivity index (χ0) is 14.0.